The van der Waals surface area contributed by atoms with Crippen molar-refractivity contribution in [3.8, 4) is 0 Å². The minimum atomic E-state index is -1.18. The van der Waals surface area contributed by atoms with Gasteiger partial charge in [-0.3, -0.25) is 39.0 Å². The van der Waals surface area contributed by atoms with Gasteiger partial charge in [0, 0.05) is 50.5 Å². The number of aliphatic carboxylic acids is 1. The van der Waals surface area contributed by atoms with Gasteiger partial charge in [0.1, 0.15) is 17.7 Å². The van der Waals surface area contributed by atoms with E-state index >= 15 is 0 Å². The smallest absolute Gasteiger partial charge is 0.307 e. The number of nitrogens with one attached hydrogen (secondary N) is 2. The average molecular weight is 779 g/mol. The Balaban J connectivity index is 1.73. The number of fused-ring (bicyclic) bond motifs is 1. The summed E-state index contributed by atoms with van der Waals surface area (Å²) in [5.74, 6) is -2.17. The molecule has 1 heterocycles. The van der Waals surface area contributed by atoms with Crippen LogP contribution in [0.2, 0.25) is 0 Å². The van der Waals surface area contributed by atoms with E-state index in [9.17, 15) is 38.7 Å². The standard InChI is InChI=1S/C42H62N6O8/c1-6-13-28(39(52)35(51)22-30(42(55)56)20-27-14-8-7-9-15-27)21-34(50)38-32-18-12-16-29(32)24-48(38)41(54)37(26(4)5)45-40(53)33(25(2)3)23-31(49)17-10-11-19-36(43)46-47-44/h7-9,14-15,25-26,28-30,32-33,37-38H,6,10-13,16-24H2,1-5H3,(H,45,53)(H,55,56)(H3,43,44,46)/t28?,29-,30-,32-,33+,37-,38-/m0/s1. The number of carboxylic acid groups (broad SMARTS) is 1. The zero-order valence-corrected chi connectivity index (χ0v) is 33.7. The van der Waals surface area contributed by atoms with E-state index < -0.39 is 59.7 Å². The van der Waals surface area contributed by atoms with Crippen LogP contribution in [0.4, 0.5) is 0 Å². The van der Waals surface area contributed by atoms with Crippen molar-refractivity contribution in [3.63, 3.8) is 0 Å². The van der Waals surface area contributed by atoms with E-state index in [0.29, 0.717) is 32.2 Å². The number of carbonyl (C=O) groups is 7. The second kappa shape index (κ2) is 22.2. The van der Waals surface area contributed by atoms with Crippen LogP contribution in [-0.2, 0) is 40.0 Å². The second-order valence-electron chi connectivity index (χ2n) is 16.4. The van der Waals surface area contributed by atoms with Gasteiger partial charge in [-0.05, 0) is 67.8 Å². The van der Waals surface area contributed by atoms with Crippen LogP contribution in [0.5, 0.6) is 0 Å². The maximum atomic E-state index is 14.4. The van der Waals surface area contributed by atoms with Gasteiger partial charge in [-0.2, -0.15) is 0 Å². The number of hydrogen-bond donors (Lipinski definition) is 4. The molecule has 1 saturated carbocycles. The van der Waals surface area contributed by atoms with Gasteiger partial charge in [0.15, 0.2) is 11.6 Å². The molecule has 0 aromatic heterocycles. The van der Waals surface area contributed by atoms with Gasteiger partial charge in [-0.15, -0.1) is 5.11 Å². The van der Waals surface area contributed by atoms with E-state index in [1.165, 1.54) is 0 Å². The molecule has 1 aromatic carbocycles. The summed E-state index contributed by atoms with van der Waals surface area (Å²) < 4.78 is 0. The third kappa shape index (κ3) is 13.0. The largest absolute Gasteiger partial charge is 0.481 e. The topological polar surface area (TPSA) is 230 Å². The molecule has 0 spiro atoms. The van der Waals surface area contributed by atoms with Crippen molar-refractivity contribution in [1.29, 1.82) is 5.41 Å². The van der Waals surface area contributed by atoms with Gasteiger partial charge in [0.2, 0.25) is 17.6 Å². The molecule has 2 aliphatic rings. The molecule has 0 radical (unpaired) electrons. The summed E-state index contributed by atoms with van der Waals surface area (Å²) in [6.45, 7) is 9.53. The highest BCUT2D eigenvalue weighted by Crippen LogP contribution is 2.43. The summed E-state index contributed by atoms with van der Waals surface area (Å²) >= 11 is 0. The SMILES string of the molecule is CCCC(CC(=O)[C@@H]1[C@H]2CCC[C@H]2CN1C(=O)[C@@H](NC(=O)[C@H](CC(=O)CCCCC(=N)N=NN)C(C)C)C(C)C)C(=O)C(=O)C[C@H](Cc1ccccc1)C(=O)O. The van der Waals surface area contributed by atoms with Crippen molar-refractivity contribution in [2.75, 3.05) is 6.54 Å². The number of amidine groups is 1. The number of benzene rings is 1. The van der Waals surface area contributed by atoms with Gasteiger partial charge < -0.3 is 21.2 Å². The fourth-order valence-electron chi connectivity index (χ4n) is 8.35. The minimum Gasteiger partial charge on any atom is -0.481 e. The Kier molecular flexibility index (Phi) is 18.1. The molecule has 3 rings (SSSR count). The summed E-state index contributed by atoms with van der Waals surface area (Å²) in [7, 11) is 0. The summed E-state index contributed by atoms with van der Waals surface area (Å²) in [5.41, 5.74) is 0.736. The van der Waals surface area contributed by atoms with Crippen LogP contribution in [0.25, 0.3) is 0 Å². The number of hydrogen-bond acceptors (Lipinski definition) is 9. The van der Waals surface area contributed by atoms with E-state index in [0.717, 1.165) is 24.8 Å². The molecular weight excluding hydrogens is 716 g/mol. The molecular formula is C42H62N6O8. The third-order valence-electron chi connectivity index (χ3n) is 11.5. The molecule has 56 heavy (non-hydrogen) atoms. The van der Waals surface area contributed by atoms with Crippen LogP contribution in [0.3, 0.4) is 0 Å². The summed E-state index contributed by atoms with van der Waals surface area (Å²) in [4.78, 5) is 96.0. The van der Waals surface area contributed by atoms with Crippen molar-refractivity contribution >= 4 is 46.8 Å². The first-order chi connectivity index (χ1) is 26.6. The fraction of sp³-hybridized carbons (Fsp3) is 0.667. The van der Waals surface area contributed by atoms with E-state index in [1.807, 2.05) is 34.6 Å². The highest BCUT2D eigenvalue weighted by atomic mass is 16.4. The number of nitrogens with two attached hydrogens (primary N) is 1. The van der Waals surface area contributed by atoms with E-state index in [2.05, 4.69) is 15.7 Å². The molecule has 0 bridgehead atoms. The number of carboxylic acids is 1. The molecule has 14 nitrogen and oxygen atoms in total. The van der Waals surface area contributed by atoms with Crippen LogP contribution in [0, 0.1) is 46.8 Å². The Morgan fingerprint density at radius 1 is 0.929 bits per heavy atom. The van der Waals surface area contributed by atoms with Crippen LogP contribution in [0.15, 0.2) is 40.7 Å². The first-order valence-corrected chi connectivity index (χ1v) is 20.3. The monoisotopic (exact) mass is 778 g/mol. The maximum Gasteiger partial charge on any atom is 0.307 e. The Morgan fingerprint density at radius 3 is 2.21 bits per heavy atom. The van der Waals surface area contributed by atoms with Crippen molar-refractivity contribution < 1.29 is 38.7 Å². The zero-order chi connectivity index (χ0) is 41.5. The summed E-state index contributed by atoms with van der Waals surface area (Å²) in [5, 5.41) is 27.0. The lowest BCUT2D eigenvalue weighted by atomic mass is 9.83. The first kappa shape index (κ1) is 45.8. The number of amides is 2. The predicted octanol–water partition coefficient (Wildman–Crippen LogP) is 5.70. The number of ketones is 4. The molecule has 1 aliphatic heterocycles. The number of likely N-dealkylation sites (tertiary alicyclic amines) is 1. The lowest BCUT2D eigenvalue weighted by Crippen LogP contribution is -2.56. The molecule has 1 unspecified atom stereocenters. The predicted molar refractivity (Wildman–Crippen MR) is 210 cm³/mol. The summed E-state index contributed by atoms with van der Waals surface area (Å²) in [6.07, 6.45) is 4.31. The number of Topliss-reactive ketones (excluding diaryl/α,β-unsaturated/α-hetero) is 4. The Labute approximate surface area is 330 Å². The van der Waals surface area contributed by atoms with Gasteiger partial charge in [-0.25, -0.2) is 0 Å². The molecule has 5 N–H and O–H groups in total. The molecule has 1 aliphatic carbocycles. The summed E-state index contributed by atoms with van der Waals surface area (Å²) in [6, 6.07) is 7.13. The normalized spacial score (nSPS) is 20.1. The van der Waals surface area contributed by atoms with Gasteiger partial charge in [-0.1, -0.05) is 83.0 Å². The average Bonchev–Trinajstić information content (AvgIpc) is 3.75. The highest BCUT2D eigenvalue weighted by molar-refractivity contribution is 6.38. The van der Waals surface area contributed by atoms with Crippen LogP contribution < -0.4 is 11.2 Å². The third-order valence-corrected chi connectivity index (χ3v) is 11.5. The molecule has 2 fully saturated rings. The lowest BCUT2D eigenvalue weighted by Gasteiger charge is -2.33. The maximum absolute atomic E-state index is 14.4. The van der Waals surface area contributed by atoms with E-state index in [4.69, 9.17) is 11.3 Å². The minimum absolute atomic E-state index is 0.00245. The molecule has 1 aromatic rings. The molecule has 2 amide bonds. The van der Waals surface area contributed by atoms with Gasteiger partial charge >= 0.3 is 5.97 Å². The number of rotatable bonds is 24. The van der Waals surface area contributed by atoms with Gasteiger partial charge in [0.25, 0.3) is 0 Å². The number of nitrogens with zero attached hydrogens (tertiary/aromatic N) is 3. The number of unbranched alkanes of at least 4 members (excludes halogenated alkanes) is 1. The quantitative estimate of drug-likeness (QED) is 0.0192. The number of carbonyl (C=O) groups excluding carboxylic acids is 6. The van der Waals surface area contributed by atoms with Crippen molar-refractivity contribution in [2.45, 2.75) is 130 Å². The Hall–Kier alpha value is -4.62. The van der Waals surface area contributed by atoms with Crippen molar-refractivity contribution in [3.05, 3.63) is 35.9 Å². The Bertz CT molecular complexity index is 1590. The fourth-order valence-corrected chi connectivity index (χ4v) is 8.35. The molecule has 1 saturated heterocycles. The Morgan fingerprint density at radius 2 is 1.61 bits per heavy atom. The molecule has 308 valence electrons. The van der Waals surface area contributed by atoms with Crippen molar-refractivity contribution in [2.24, 2.45) is 57.6 Å². The van der Waals surface area contributed by atoms with Crippen LogP contribution in [-0.4, -0.2) is 75.4 Å². The van der Waals surface area contributed by atoms with E-state index in [1.54, 1.807) is 35.2 Å². The zero-order valence-electron chi connectivity index (χ0n) is 33.7. The van der Waals surface area contributed by atoms with Crippen molar-refractivity contribution in [1.82, 2.24) is 10.2 Å². The molecule has 7 atom stereocenters. The van der Waals surface area contributed by atoms with Gasteiger partial charge in [0.05, 0.1) is 12.0 Å². The first-order valence-electron chi connectivity index (χ1n) is 20.3. The highest BCUT2D eigenvalue weighted by Gasteiger charge is 2.51. The van der Waals surface area contributed by atoms with Crippen LogP contribution in [0.1, 0.15) is 117 Å². The lowest BCUT2D eigenvalue weighted by molar-refractivity contribution is -0.147. The van der Waals surface area contributed by atoms with Crippen LogP contribution >= 0.6 is 0 Å². The second-order valence-corrected chi connectivity index (χ2v) is 16.4. The van der Waals surface area contributed by atoms with E-state index in [-0.39, 0.29) is 79.1 Å². The molecule has 14 heteroatoms.